The van der Waals surface area contributed by atoms with E-state index in [0.717, 1.165) is 57.6 Å². The summed E-state index contributed by atoms with van der Waals surface area (Å²) < 4.78 is 19.2. The van der Waals surface area contributed by atoms with Crippen LogP contribution in [0, 0.1) is 22.7 Å². The molecule has 214 valence electrons. The Hall–Kier alpha value is -1.57. The van der Waals surface area contributed by atoms with E-state index < -0.39 is 5.60 Å². The summed E-state index contributed by atoms with van der Waals surface area (Å²) in [4.78, 5) is 17.9. The molecule has 1 amide bonds. The summed E-state index contributed by atoms with van der Waals surface area (Å²) in [6, 6.07) is 11.2. The summed E-state index contributed by atoms with van der Waals surface area (Å²) in [6.07, 6.45) is 6.65. The molecule has 0 N–H and O–H groups in total. The number of hydrogen-bond donors (Lipinski definition) is 0. The van der Waals surface area contributed by atoms with Crippen LogP contribution < -0.4 is 0 Å². The Morgan fingerprint density at radius 3 is 2.59 bits per heavy atom. The van der Waals surface area contributed by atoms with Gasteiger partial charge in [-0.15, -0.1) is 0 Å². The van der Waals surface area contributed by atoms with Gasteiger partial charge >= 0.3 is 13.2 Å². The van der Waals surface area contributed by atoms with Gasteiger partial charge in [0.25, 0.3) is 0 Å². The van der Waals surface area contributed by atoms with E-state index in [2.05, 4.69) is 62.9 Å². The molecule has 1 aromatic rings. The molecule has 0 unspecified atom stereocenters. The third kappa shape index (κ3) is 4.55. The highest BCUT2D eigenvalue weighted by atomic mass is 16.7. The molecule has 7 rings (SSSR count). The van der Waals surface area contributed by atoms with Crippen molar-refractivity contribution in [2.45, 2.75) is 123 Å². The number of nitrogens with zero attached hydrogens (tertiary/aromatic N) is 2. The van der Waals surface area contributed by atoms with Gasteiger partial charge in [0.05, 0.1) is 11.7 Å². The highest BCUT2D eigenvalue weighted by Gasteiger charge is 2.67. The molecular weight excluding hydrogens is 487 g/mol. The Morgan fingerprint density at radius 1 is 1.15 bits per heavy atom. The molecule has 0 radical (unpaired) electrons. The molecule has 3 heterocycles. The van der Waals surface area contributed by atoms with Crippen molar-refractivity contribution in [2.24, 2.45) is 22.7 Å². The van der Waals surface area contributed by atoms with Crippen LogP contribution in [0.25, 0.3) is 0 Å². The highest BCUT2D eigenvalue weighted by Crippen LogP contribution is 2.66. The van der Waals surface area contributed by atoms with Gasteiger partial charge in [-0.3, -0.25) is 4.90 Å². The third-order valence-corrected chi connectivity index (χ3v) is 11.6. The predicted octanol–water partition coefficient (Wildman–Crippen LogP) is 6.40. The molecule has 6 aliphatic rings. The van der Waals surface area contributed by atoms with Crippen molar-refractivity contribution in [3.63, 3.8) is 0 Å². The molecule has 3 aliphatic carbocycles. The molecule has 2 bridgehead atoms. The topological polar surface area (TPSA) is 51.2 Å². The lowest BCUT2D eigenvalue weighted by Crippen LogP contribution is -2.65. The summed E-state index contributed by atoms with van der Waals surface area (Å²) in [7, 11) is -0.106. The molecule has 39 heavy (non-hydrogen) atoms. The first kappa shape index (κ1) is 27.6. The molecule has 6 nitrogen and oxygen atoms in total. The second-order valence-electron chi connectivity index (χ2n) is 15.1. The summed E-state index contributed by atoms with van der Waals surface area (Å²) in [5.74, 6) is 1.37. The Labute approximate surface area is 236 Å². The highest BCUT2D eigenvalue weighted by molar-refractivity contribution is 6.45. The van der Waals surface area contributed by atoms with Crippen LogP contribution in [0.4, 0.5) is 4.79 Å². The van der Waals surface area contributed by atoms with E-state index in [1.165, 1.54) is 12.0 Å². The van der Waals surface area contributed by atoms with Crippen LogP contribution in [0.3, 0.4) is 0 Å². The maximum atomic E-state index is 13.3. The first-order chi connectivity index (χ1) is 18.3. The van der Waals surface area contributed by atoms with Gasteiger partial charge < -0.3 is 18.9 Å². The van der Waals surface area contributed by atoms with E-state index in [1.54, 1.807) is 0 Å². The van der Waals surface area contributed by atoms with Crippen molar-refractivity contribution in [2.75, 3.05) is 13.1 Å². The average Bonchev–Trinajstić information content (AvgIpc) is 3.47. The summed E-state index contributed by atoms with van der Waals surface area (Å²) in [6.45, 7) is 18.0. The average molecular weight is 537 g/mol. The molecule has 7 heteroatoms. The van der Waals surface area contributed by atoms with Gasteiger partial charge in [-0.05, 0) is 96.0 Å². The lowest BCUT2D eigenvalue weighted by molar-refractivity contribution is -0.199. The normalized spacial score (nSPS) is 38.9. The van der Waals surface area contributed by atoms with Gasteiger partial charge in [-0.1, -0.05) is 50.6 Å². The largest absolute Gasteiger partial charge is 0.457 e. The van der Waals surface area contributed by atoms with E-state index in [9.17, 15) is 4.79 Å². The fourth-order valence-corrected chi connectivity index (χ4v) is 9.21. The number of likely N-dealkylation sites (tertiary alicyclic amines) is 2. The van der Waals surface area contributed by atoms with E-state index >= 15 is 0 Å². The molecule has 0 aromatic heterocycles. The van der Waals surface area contributed by atoms with Crippen molar-refractivity contribution >= 4 is 13.2 Å². The first-order valence-electron chi connectivity index (χ1n) is 15.4. The summed E-state index contributed by atoms with van der Waals surface area (Å²) in [5.41, 5.74) is 1.13. The van der Waals surface area contributed by atoms with Gasteiger partial charge in [0.15, 0.2) is 0 Å². The number of carbonyl (C=O) groups is 1. The van der Waals surface area contributed by atoms with Crippen LogP contribution in [-0.2, 0) is 20.6 Å². The van der Waals surface area contributed by atoms with Gasteiger partial charge in [-0.25, -0.2) is 4.79 Å². The second-order valence-corrected chi connectivity index (χ2v) is 15.1. The maximum absolute atomic E-state index is 13.3. The molecule has 6 fully saturated rings. The zero-order chi connectivity index (χ0) is 27.8. The van der Waals surface area contributed by atoms with Crippen molar-refractivity contribution in [1.82, 2.24) is 9.80 Å². The Kier molecular flexibility index (Phi) is 6.71. The Morgan fingerprint density at radius 2 is 1.90 bits per heavy atom. The number of fused-ring (bicyclic) bond motifs is 1. The first-order valence-corrected chi connectivity index (χ1v) is 15.4. The number of amides is 1. The van der Waals surface area contributed by atoms with Crippen LogP contribution in [-0.4, -0.2) is 65.5 Å². The van der Waals surface area contributed by atoms with E-state index in [1.807, 2.05) is 25.7 Å². The van der Waals surface area contributed by atoms with Crippen molar-refractivity contribution in [3.8, 4) is 0 Å². The third-order valence-electron chi connectivity index (χ3n) is 11.6. The summed E-state index contributed by atoms with van der Waals surface area (Å²) in [5, 5.41) is 0. The van der Waals surface area contributed by atoms with Crippen LogP contribution in [0.15, 0.2) is 30.3 Å². The smallest absolute Gasteiger partial charge is 0.444 e. The van der Waals surface area contributed by atoms with Crippen LogP contribution >= 0.6 is 0 Å². The van der Waals surface area contributed by atoms with Crippen LogP contribution in [0.1, 0.15) is 86.1 Å². The molecule has 3 saturated carbocycles. The van der Waals surface area contributed by atoms with Crippen LogP contribution in [0.5, 0.6) is 0 Å². The number of carbonyl (C=O) groups excluding carboxylic acids is 1. The lowest BCUT2D eigenvalue weighted by Gasteiger charge is -2.64. The van der Waals surface area contributed by atoms with Gasteiger partial charge in [0, 0.05) is 30.6 Å². The minimum atomic E-state index is -0.495. The van der Waals surface area contributed by atoms with E-state index in [4.69, 9.17) is 14.0 Å². The minimum absolute atomic E-state index is 0.0600. The second kappa shape index (κ2) is 9.49. The van der Waals surface area contributed by atoms with E-state index in [0.29, 0.717) is 17.4 Å². The molecular formula is C32H49BN2O4. The maximum Gasteiger partial charge on any atom is 0.457 e. The fraction of sp³-hybridized carbons (Fsp3) is 0.781. The van der Waals surface area contributed by atoms with Gasteiger partial charge in [0.1, 0.15) is 5.60 Å². The van der Waals surface area contributed by atoms with Gasteiger partial charge in [-0.2, -0.15) is 0 Å². The molecule has 1 aromatic carbocycles. The lowest BCUT2D eigenvalue weighted by atomic mass is 9.43. The minimum Gasteiger partial charge on any atom is -0.444 e. The fourth-order valence-electron chi connectivity index (χ4n) is 9.21. The molecule has 7 atom stereocenters. The monoisotopic (exact) mass is 536 g/mol. The zero-order valence-corrected chi connectivity index (χ0v) is 25.2. The molecule has 3 saturated heterocycles. The van der Waals surface area contributed by atoms with E-state index in [-0.39, 0.29) is 36.4 Å². The summed E-state index contributed by atoms with van der Waals surface area (Å²) >= 11 is 0. The molecule has 3 aliphatic heterocycles. The Balaban J connectivity index is 1.15. The van der Waals surface area contributed by atoms with Crippen molar-refractivity contribution in [1.29, 1.82) is 0 Å². The SMILES string of the molecule is C[C@H]1N(C(=O)OC(C)(C)C)C[C@@H]2N(Cc3ccccc3)CC[C@@]21CCCB1O[C@@H]2C[C@@H]3C[C@@H](C3(C)C)[C@]2(C)O1. The zero-order valence-electron chi connectivity index (χ0n) is 25.2. The van der Waals surface area contributed by atoms with Crippen molar-refractivity contribution in [3.05, 3.63) is 35.9 Å². The predicted molar refractivity (Wildman–Crippen MR) is 154 cm³/mol. The molecule has 0 spiro atoms. The number of ether oxygens (including phenoxy) is 1. The number of rotatable bonds is 6. The van der Waals surface area contributed by atoms with Gasteiger partial charge in [0.2, 0.25) is 0 Å². The standard InChI is InChI=1S/C32H49BN2O4/c1-22-32(14-11-16-33-38-27-19-24-18-25(30(24,5)6)31(27,7)39-33)15-17-34(20-23-12-9-8-10-13-23)26(32)21-35(22)28(36)37-29(2,3)4/h8-10,12-13,22,24-27H,11,14-21H2,1-7H3/t22-,24+,25+,26+,27-,31+,32-/m1/s1. The number of hydrogen-bond acceptors (Lipinski definition) is 5. The Bertz CT molecular complexity index is 1080. The van der Waals surface area contributed by atoms with Crippen molar-refractivity contribution < 1.29 is 18.8 Å². The number of benzene rings is 1. The quantitative estimate of drug-likeness (QED) is 0.394. The van der Waals surface area contributed by atoms with Crippen LogP contribution in [0.2, 0.25) is 6.32 Å².